The first-order valence-electron chi connectivity index (χ1n) is 10.7. The first kappa shape index (κ1) is 22.3. The second-order valence-electron chi connectivity index (χ2n) is 8.32. The maximum absolute atomic E-state index is 13.2. The minimum Gasteiger partial charge on any atom is -0.507 e. The van der Waals surface area contributed by atoms with Gasteiger partial charge in [0.25, 0.3) is 11.7 Å². The fourth-order valence-electron chi connectivity index (χ4n) is 4.26. The molecule has 6 nitrogen and oxygen atoms in total. The van der Waals surface area contributed by atoms with E-state index in [9.17, 15) is 14.7 Å². The van der Waals surface area contributed by atoms with Gasteiger partial charge in [0.2, 0.25) is 0 Å². The predicted molar refractivity (Wildman–Crippen MR) is 126 cm³/mol. The third kappa shape index (κ3) is 4.12. The number of methoxy groups -OCH3 is 1. The summed E-state index contributed by atoms with van der Waals surface area (Å²) in [7, 11) is 1.57. The summed E-state index contributed by atoms with van der Waals surface area (Å²) in [6, 6.07) is 14.0. The minimum absolute atomic E-state index is 0.0616. The molecule has 3 aromatic rings. The number of nitrogens with zero attached hydrogens (tertiary/aromatic N) is 2. The lowest BCUT2D eigenvalue weighted by Crippen LogP contribution is -2.29. The van der Waals surface area contributed by atoms with Gasteiger partial charge in [-0.1, -0.05) is 29.8 Å². The van der Waals surface area contributed by atoms with E-state index < -0.39 is 17.7 Å². The van der Waals surface area contributed by atoms with Crippen molar-refractivity contribution >= 4 is 17.4 Å². The summed E-state index contributed by atoms with van der Waals surface area (Å²) in [6.45, 7) is 6.03. The highest BCUT2D eigenvalue weighted by atomic mass is 16.5. The zero-order valence-electron chi connectivity index (χ0n) is 19.1. The molecule has 1 amide bonds. The molecular formula is C27H26N2O4. The van der Waals surface area contributed by atoms with Crippen LogP contribution in [-0.4, -0.2) is 33.8 Å². The molecule has 0 spiro atoms. The summed E-state index contributed by atoms with van der Waals surface area (Å²) < 4.78 is 5.25. The number of rotatable bonds is 5. The van der Waals surface area contributed by atoms with Crippen LogP contribution in [0.5, 0.6) is 5.75 Å². The van der Waals surface area contributed by atoms with Crippen LogP contribution < -0.4 is 4.74 Å². The number of carbonyl (C=O) groups is 2. The molecule has 168 valence electrons. The zero-order valence-corrected chi connectivity index (χ0v) is 19.1. The SMILES string of the molecule is COc1ccc(/C(O)=C2/C(=O)C(=O)N(Cc3cc(C)ccc3C)C2c2cccnc2)c(C)c1. The number of aryl methyl sites for hydroxylation is 3. The van der Waals surface area contributed by atoms with Gasteiger partial charge in [-0.25, -0.2) is 0 Å². The summed E-state index contributed by atoms with van der Waals surface area (Å²) in [6.07, 6.45) is 3.26. The largest absolute Gasteiger partial charge is 0.507 e. The molecule has 0 radical (unpaired) electrons. The number of benzene rings is 2. The number of aliphatic hydroxyl groups excluding tert-OH is 1. The second-order valence-corrected chi connectivity index (χ2v) is 8.32. The Bertz CT molecular complexity index is 1260. The lowest BCUT2D eigenvalue weighted by Gasteiger charge is -2.26. The molecule has 0 saturated carbocycles. The van der Waals surface area contributed by atoms with Crippen LogP contribution >= 0.6 is 0 Å². The first-order chi connectivity index (χ1) is 15.8. The Morgan fingerprint density at radius 3 is 2.52 bits per heavy atom. The average Bonchev–Trinajstić information content (AvgIpc) is 3.06. The van der Waals surface area contributed by atoms with E-state index >= 15 is 0 Å². The zero-order chi connectivity index (χ0) is 23.7. The maximum Gasteiger partial charge on any atom is 0.295 e. The van der Waals surface area contributed by atoms with Gasteiger partial charge in [0, 0.05) is 24.5 Å². The van der Waals surface area contributed by atoms with Crippen LogP contribution in [0.25, 0.3) is 5.76 Å². The van der Waals surface area contributed by atoms with Crippen molar-refractivity contribution < 1.29 is 19.4 Å². The molecule has 0 bridgehead atoms. The van der Waals surface area contributed by atoms with Crippen LogP contribution in [-0.2, 0) is 16.1 Å². The van der Waals surface area contributed by atoms with E-state index in [1.165, 1.54) is 4.90 Å². The van der Waals surface area contributed by atoms with Gasteiger partial charge in [0.05, 0.1) is 18.7 Å². The third-order valence-corrected chi connectivity index (χ3v) is 6.07. The third-order valence-electron chi connectivity index (χ3n) is 6.07. The lowest BCUT2D eigenvalue weighted by molar-refractivity contribution is -0.140. The summed E-state index contributed by atoms with van der Waals surface area (Å²) in [4.78, 5) is 32.2. The van der Waals surface area contributed by atoms with E-state index in [4.69, 9.17) is 4.74 Å². The average molecular weight is 443 g/mol. The molecule has 4 rings (SSSR count). The fraction of sp³-hybridized carbons (Fsp3) is 0.222. The number of amides is 1. The van der Waals surface area contributed by atoms with Gasteiger partial charge < -0.3 is 14.7 Å². The molecule has 1 unspecified atom stereocenters. The van der Waals surface area contributed by atoms with E-state index in [-0.39, 0.29) is 17.9 Å². The molecule has 1 aromatic heterocycles. The Morgan fingerprint density at radius 1 is 1.06 bits per heavy atom. The van der Waals surface area contributed by atoms with E-state index in [0.717, 1.165) is 22.3 Å². The van der Waals surface area contributed by atoms with E-state index in [2.05, 4.69) is 4.98 Å². The summed E-state index contributed by atoms with van der Waals surface area (Å²) in [5, 5.41) is 11.3. The van der Waals surface area contributed by atoms with Crippen LogP contribution in [0.1, 0.15) is 39.4 Å². The lowest BCUT2D eigenvalue weighted by atomic mass is 9.94. The van der Waals surface area contributed by atoms with Crippen LogP contribution in [0.2, 0.25) is 0 Å². The standard InChI is InChI=1S/C27H26N2O4/c1-16-7-8-17(2)20(12-16)15-29-24(19-6-5-11-28-14-19)23(26(31)27(29)32)25(30)22-10-9-21(33-4)13-18(22)3/h5-14,24,30H,15H2,1-4H3/b25-23-. The van der Waals surface area contributed by atoms with Crippen molar-refractivity contribution in [1.29, 1.82) is 0 Å². The Kier molecular flexibility index (Phi) is 6.01. The van der Waals surface area contributed by atoms with Crippen molar-refractivity contribution in [2.45, 2.75) is 33.4 Å². The summed E-state index contributed by atoms with van der Waals surface area (Å²) >= 11 is 0. The number of carbonyl (C=O) groups excluding carboxylic acids is 2. The number of ether oxygens (including phenoxy) is 1. The summed E-state index contributed by atoms with van der Waals surface area (Å²) in [5.74, 6) is -0.909. The number of hydrogen-bond acceptors (Lipinski definition) is 5. The Balaban J connectivity index is 1.88. The van der Waals surface area contributed by atoms with Crippen molar-refractivity contribution in [3.8, 4) is 5.75 Å². The van der Waals surface area contributed by atoms with Crippen molar-refractivity contribution in [3.05, 3.63) is 99.9 Å². The van der Waals surface area contributed by atoms with Crippen LogP contribution in [0.15, 0.2) is 66.5 Å². The molecule has 1 N–H and O–H groups in total. The number of hydrogen-bond donors (Lipinski definition) is 1. The van der Waals surface area contributed by atoms with Crippen molar-refractivity contribution in [2.75, 3.05) is 7.11 Å². The molecule has 0 aliphatic carbocycles. The van der Waals surface area contributed by atoms with Gasteiger partial charge in [-0.05, 0) is 67.3 Å². The minimum atomic E-state index is -0.750. The first-order valence-corrected chi connectivity index (χ1v) is 10.7. The summed E-state index contributed by atoms with van der Waals surface area (Å²) in [5.41, 5.74) is 4.98. The Labute approximate surface area is 193 Å². The van der Waals surface area contributed by atoms with Crippen LogP contribution in [0.4, 0.5) is 0 Å². The van der Waals surface area contributed by atoms with Gasteiger partial charge in [0.15, 0.2) is 0 Å². The Morgan fingerprint density at radius 2 is 1.85 bits per heavy atom. The number of aromatic nitrogens is 1. The Hall–Kier alpha value is -3.93. The predicted octanol–water partition coefficient (Wildman–Crippen LogP) is 4.64. The topological polar surface area (TPSA) is 79.7 Å². The van der Waals surface area contributed by atoms with Crippen molar-refractivity contribution in [3.63, 3.8) is 0 Å². The maximum atomic E-state index is 13.2. The van der Waals surface area contributed by atoms with Crippen LogP contribution in [0, 0.1) is 20.8 Å². The molecule has 1 fully saturated rings. The molecule has 1 aliphatic rings. The van der Waals surface area contributed by atoms with Gasteiger partial charge in [-0.2, -0.15) is 0 Å². The second kappa shape index (κ2) is 8.90. The van der Waals surface area contributed by atoms with Crippen molar-refractivity contribution in [2.24, 2.45) is 0 Å². The number of ketones is 1. The fourth-order valence-corrected chi connectivity index (χ4v) is 4.26. The molecule has 1 atom stereocenters. The molecular weight excluding hydrogens is 416 g/mol. The normalized spacial score (nSPS) is 17.5. The number of aliphatic hydroxyl groups is 1. The van der Waals surface area contributed by atoms with Gasteiger partial charge in [-0.3, -0.25) is 14.6 Å². The monoisotopic (exact) mass is 442 g/mol. The molecule has 6 heteroatoms. The number of pyridine rings is 1. The van der Waals surface area contributed by atoms with Gasteiger partial charge >= 0.3 is 0 Å². The quantitative estimate of drug-likeness (QED) is 0.354. The molecule has 2 heterocycles. The molecule has 1 saturated heterocycles. The smallest absolute Gasteiger partial charge is 0.295 e. The van der Waals surface area contributed by atoms with E-state index in [1.807, 2.05) is 45.0 Å². The van der Waals surface area contributed by atoms with Crippen LogP contribution in [0.3, 0.4) is 0 Å². The van der Waals surface area contributed by atoms with Gasteiger partial charge in [0.1, 0.15) is 11.5 Å². The van der Waals surface area contributed by atoms with E-state index in [0.29, 0.717) is 16.9 Å². The molecule has 2 aromatic carbocycles. The van der Waals surface area contributed by atoms with Crippen molar-refractivity contribution in [1.82, 2.24) is 9.88 Å². The molecule has 33 heavy (non-hydrogen) atoms. The number of Topliss-reactive ketones (excluding diaryl/α,β-unsaturated/α-hetero) is 1. The van der Waals surface area contributed by atoms with E-state index in [1.54, 1.807) is 43.8 Å². The number of likely N-dealkylation sites (tertiary alicyclic amines) is 1. The molecule has 1 aliphatic heterocycles. The highest BCUT2D eigenvalue weighted by Crippen LogP contribution is 2.41. The highest BCUT2D eigenvalue weighted by Gasteiger charge is 2.46. The highest BCUT2D eigenvalue weighted by molar-refractivity contribution is 6.46. The van der Waals surface area contributed by atoms with Gasteiger partial charge in [-0.15, -0.1) is 0 Å².